The van der Waals surface area contributed by atoms with Crippen LogP contribution in [0.5, 0.6) is 0 Å². The van der Waals surface area contributed by atoms with Crippen LogP contribution in [0, 0.1) is 18.8 Å². The number of hydrogen-bond acceptors (Lipinski definition) is 3. The van der Waals surface area contributed by atoms with Crippen LogP contribution in [0.25, 0.3) is 0 Å². The van der Waals surface area contributed by atoms with Crippen LogP contribution in [0.4, 0.5) is 5.69 Å². The molecule has 2 aromatic carbocycles. The average Bonchev–Trinajstić information content (AvgIpc) is 3.31. The Morgan fingerprint density at radius 1 is 1.04 bits per heavy atom. The van der Waals surface area contributed by atoms with Gasteiger partial charge in [0.15, 0.2) is 0 Å². The van der Waals surface area contributed by atoms with Crippen molar-refractivity contribution in [3.05, 3.63) is 60.2 Å². The van der Waals surface area contributed by atoms with Crippen molar-refractivity contribution in [1.29, 1.82) is 0 Å². The Balaban J connectivity index is 1.58. The molecule has 2 bridgehead atoms. The number of nitrogens with one attached hydrogen (secondary N) is 1. The molecule has 0 spiro atoms. The molecular weight excluding hydrogens is 372 g/mol. The van der Waals surface area contributed by atoms with Crippen molar-refractivity contribution < 1.29 is 13.2 Å². The van der Waals surface area contributed by atoms with E-state index in [1.165, 1.54) is 23.6 Å². The van der Waals surface area contributed by atoms with Gasteiger partial charge in [-0.1, -0.05) is 42.3 Å². The Morgan fingerprint density at radius 3 is 2.36 bits per heavy atom. The van der Waals surface area contributed by atoms with Gasteiger partial charge in [-0.3, -0.25) is 9.10 Å². The number of rotatable bonds is 6. The van der Waals surface area contributed by atoms with E-state index in [2.05, 4.69) is 5.32 Å². The molecule has 2 aromatic rings. The number of aryl methyl sites for hydroxylation is 1. The summed E-state index contributed by atoms with van der Waals surface area (Å²) in [5.74, 6) is 1.03. The van der Waals surface area contributed by atoms with Crippen molar-refractivity contribution in [2.45, 2.75) is 43.5 Å². The maximum absolute atomic E-state index is 13.3. The van der Waals surface area contributed by atoms with Crippen molar-refractivity contribution in [1.82, 2.24) is 5.32 Å². The van der Waals surface area contributed by atoms with E-state index in [1.54, 1.807) is 42.5 Å². The number of fused-ring (bicyclic) bond motifs is 2. The van der Waals surface area contributed by atoms with Gasteiger partial charge in [-0.2, -0.15) is 0 Å². The Kier molecular flexibility index (Phi) is 5.15. The zero-order valence-electron chi connectivity index (χ0n) is 16.0. The van der Waals surface area contributed by atoms with E-state index in [0.717, 1.165) is 17.9 Å². The highest BCUT2D eigenvalue weighted by Gasteiger charge is 2.40. The second kappa shape index (κ2) is 7.59. The van der Waals surface area contributed by atoms with Gasteiger partial charge in [0.25, 0.3) is 10.0 Å². The number of sulfonamides is 1. The normalized spacial score (nSPS) is 23.5. The van der Waals surface area contributed by atoms with E-state index in [1.807, 2.05) is 19.1 Å². The molecule has 0 aromatic heterocycles. The Morgan fingerprint density at radius 2 is 1.75 bits per heavy atom. The van der Waals surface area contributed by atoms with E-state index in [4.69, 9.17) is 0 Å². The predicted octanol–water partition coefficient (Wildman–Crippen LogP) is 3.50. The average molecular weight is 399 g/mol. The summed E-state index contributed by atoms with van der Waals surface area (Å²) in [6.45, 7) is 1.73. The van der Waals surface area contributed by atoms with Crippen molar-refractivity contribution in [3.8, 4) is 0 Å². The van der Waals surface area contributed by atoms with E-state index in [-0.39, 0.29) is 23.4 Å². The van der Waals surface area contributed by atoms with Gasteiger partial charge in [-0.15, -0.1) is 0 Å². The Hall–Kier alpha value is -2.34. The quantitative estimate of drug-likeness (QED) is 0.810. The summed E-state index contributed by atoms with van der Waals surface area (Å²) in [7, 11) is -3.83. The lowest BCUT2D eigenvalue weighted by Gasteiger charge is -2.27. The summed E-state index contributed by atoms with van der Waals surface area (Å²) in [5.41, 5.74) is 1.53. The fourth-order valence-corrected chi connectivity index (χ4v) is 5.99. The summed E-state index contributed by atoms with van der Waals surface area (Å²) in [5, 5.41) is 3.10. The molecule has 0 unspecified atom stereocenters. The summed E-state index contributed by atoms with van der Waals surface area (Å²) in [6.07, 6.45) is 4.63. The van der Waals surface area contributed by atoms with Gasteiger partial charge in [0.1, 0.15) is 6.54 Å². The van der Waals surface area contributed by atoms with Crippen LogP contribution in [0.15, 0.2) is 59.5 Å². The number of carbonyl (C=O) groups excluding carboxylic acids is 1. The van der Waals surface area contributed by atoms with E-state index < -0.39 is 10.0 Å². The van der Waals surface area contributed by atoms with E-state index >= 15 is 0 Å². The lowest BCUT2D eigenvalue weighted by Crippen LogP contribution is -2.45. The van der Waals surface area contributed by atoms with Crippen LogP contribution in [0.3, 0.4) is 0 Å². The zero-order valence-corrected chi connectivity index (χ0v) is 16.9. The highest BCUT2D eigenvalue weighted by atomic mass is 32.2. The predicted molar refractivity (Wildman–Crippen MR) is 110 cm³/mol. The number of amides is 1. The summed E-state index contributed by atoms with van der Waals surface area (Å²) < 4.78 is 27.7. The molecule has 2 aliphatic rings. The smallest absolute Gasteiger partial charge is 0.264 e. The molecule has 0 radical (unpaired) electrons. The molecule has 2 saturated carbocycles. The molecule has 2 fully saturated rings. The first-order valence-electron chi connectivity index (χ1n) is 9.87. The maximum atomic E-state index is 13.3. The third kappa shape index (κ3) is 3.78. The standard InChI is InChI=1S/C22H26N2O3S/c1-16-7-11-19(12-8-16)24(28(26,27)20-5-3-2-4-6-20)15-22(25)23-21-14-17-9-10-18(21)13-17/h2-8,11-12,17-18,21H,9-10,13-15H2,1H3,(H,23,25)/t17-,18-,21-/m1/s1. The lowest BCUT2D eigenvalue weighted by molar-refractivity contribution is -0.120. The molecule has 5 nitrogen and oxygen atoms in total. The number of benzene rings is 2. The maximum Gasteiger partial charge on any atom is 0.264 e. The van der Waals surface area contributed by atoms with Crippen molar-refractivity contribution in [2.75, 3.05) is 10.8 Å². The fourth-order valence-electron chi connectivity index (χ4n) is 4.55. The van der Waals surface area contributed by atoms with Crippen LogP contribution in [-0.2, 0) is 14.8 Å². The first-order valence-corrected chi connectivity index (χ1v) is 11.3. The largest absolute Gasteiger partial charge is 0.352 e. The van der Waals surface area contributed by atoms with Gasteiger partial charge < -0.3 is 5.32 Å². The molecule has 28 heavy (non-hydrogen) atoms. The van der Waals surface area contributed by atoms with Crippen LogP contribution >= 0.6 is 0 Å². The third-order valence-corrected chi connectivity index (χ3v) is 7.81. The minimum absolute atomic E-state index is 0.184. The van der Waals surface area contributed by atoms with Crippen LogP contribution in [-0.4, -0.2) is 26.9 Å². The molecular formula is C22H26N2O3S. The SMILES string of the molecule is Cc1ccc(N(CC(=O)N[C@@H]2C[C@@H]3CC[C@@H]2C3)S(=O)(=O)c2ccccc2)cc1. The van der Waals surface area contributed by atoms with Gasteiger partial charge in [0.05, 0.1) is 10.6 Å². The second-order valence-electron chi connectivity index (χ2n) is 8.01. The monoisotopic (exact) mass is 398 g/mol. The van der Waals surface area contributed by atoms with Crippen molar-refractivity contribution in [2.24, 2.45) is 11.8 Å². The van der Waals surface area contributed by atoms with Gasteiger partial charge in [-0.05, 0) is 62.3 Å². The summed E-state index contributed by atoms with van der Waals surface area (Å²) >= 11 is 0. The molecule has 1 N–H and O–H groups in total. The minimum Gasteiger partial charge on any atom is -0.352 e. The number of hydrogen-bond donors (Lipinski definition) is 1. The molecule has 3 atom stereocenters. The molecule has 2 aliphatic carbocycles. The molecule has 0 heterocycles. The second-order valence-corrected chi connectivity index (χ2v) is 9.87. The molecule has 6 heteroatoms. The third-order valence-electron chi connectivity index (χ3n) is 6.02. The van der Waals surface area contributed by atoms with Crippen molar-refractivity contribution in [3.63, 3.8) is 0 Å². The Bertz CT molecular complexity index is 942. The first-order chi connectivity index (χ1) is 13.4. The molecule has 4 rings (SSSR count). The highest BCUT2D eigenvalue weighted by Crippen LogP contribution is 2.44. The number of nitrogens with zero attached hydrogens (tertiary/aromatic N) is 1. The summed E-state index contributed by atoms with van der Waals surface area (Å²) in [4.78, 5) is 13.0. The van der Waals surface area contributed by atoms with Gasteiger partial charge in [0.2, 0.25) is 5.91 Å². The van der Waals surface area contributed by atoms with Crippen LogP contribution < -0.4 is 9.62 Å². The Labute approximate surface area is 166 Å². The van der Waals surface area contributed by atoms with Crippen LogP contribution in [0.1, 0.15) is 31.2 Å². The summed E-state index contributed by atoms with van der Waals surface area (Å²) in [6, 6.07) is 15.7. The first kappa shape index (κ1) is 19.0. The molecule has 1 amide bonds. The van der Waals surface area contributed by atoms with Gasteiger partial charge in [0, 0.05) is 6.04 Å². The topological polar surface area (TPSA) is 66.5 Å². The molecule has 0 saturated heterocycles. The van der Waals surface area contributed by atoms with Crippen molar-refractivity contribution >= 4 is 21.6 Å². The van der Waals surface area contributed by atoms with Crippen LogP contribution in [0.2, 0.25) is 0 Å². The lowest BCUT2D eigenvalue weighted by atomic mass is 9.95. The van der Waals surface area contributed by atoms with Gasteiger partial charge >= 0.3 is 0 Å². The highest BCUT2D eigenvalue weighted by molar-refractivity contribution is 7.92. The molecule has 148 valence electrons. The van der Waals surface area contributed by atoms with E-state index in [9.17, 15) is 13.2 Å². The number of anilines is 1. The fraction of sp³-hybridized carbons (Fsp3) is 0.409. The van der Waals surface area contributed by atoms with Gasteiger partial charge in [-0.25, -0.2) is 8.42 Å². The van der Waals surface area contributed by atoms with E-state index in [0.29, 0.717) is 11.6 Å². The minimum atomic E-state index is -3.83. The number of carbonyl (C=O) groups is 1. The zero-order chi connectivity index (χ0) is 19.7. The molecule has 0 aliphatic heterocycles.